The van der Waals surface area contributed by atoms with Crippen molar-refractivity contribution < 1.29 is 20.1 Å². The molecule has 1 fully saturated rings. The molecule has 0 radical (unpaired) electrons. The smallest absolute Gasteiger partial charge is 0.0925 e. The van der Waals surface area contributed by atoms with Gasteiger partial charge in [0.25, 0.3) is 0 Å². The van der Waals surface area contributed by atoms with E-state index in [1.54, 1.807) is 0 Å². The monoisotopic (exact) mass is 338 g/mol. The fourth-order valence-electron chi connectivity index (χ4n) is 3.78. The van der Waals surface area contributed by atoms with Crippen LogP contribution in [-0.2, 0) is 4.74 Å². The molecular formula is C20H34O4. The van der Waals surface area contributed by atoms with Gasteiger partial charge in [0.15, 0.2) is 0 Å². The highest BCUT2D eigenvalue weighted by Gasteiger charge is 2.50. The van der Waals surface area contributed by atoms with Gasteiger partial charge < -0.3 is 20.1 Å². The van der Waals surface area contributed by atoms with E-state index in [2.05, 4.69) is 13.8 Å². The summed E-state index contributed by atoms with van der Waals surface area (Å²) >= 11 is 0. The van der Waals surface area contributed by atoms with E-state index < -0.39 is 22.9 Å². The zero-order valence-corrected chi connectivity index (χ0v) is 15.6. The molecule has 2 bridgehead atoms. The minimum atomic E-state index is -0.909. The Morgan fingerprint density at radius 2 is 1.92 bits per heavy atom. The van der Waals surface area contributed by atoms with Crippen molar-refractivity contribution in [1.82, 2.24) is 0 Å². The molecule has 0 saturated carbocycles. The number of ether oxygens (including phenoxy) is 1. The average molecular weight is 338 g/mol. The zero-order valence-electron chi connectivity index (χ0n) is 15.6. The van der Waals surface area contributed by atoms with Gasteiger partial charge in [-0.15, -0.1) is 0 Å². The van der Waals surface area contributed by atoms with E-state index in [9.17, 15) is 15.3 Å². The first-order valence-electron chi connectivity index (χ1n) is 9.22. The average Bonchev–Trinajstić information content (AvgIpc) is 2.88. The predicted molar refractivity (Wildman–Crippen MR) is 95.7 cm³/mol. The maximum atomic E-state index is 10.7. The summed E-state index contributed by atoms with van der Waals surface area (Å²) in [5.74, 6) is 0.259. The van der Waals surface area contributed by atoms with Crippen molar-refractivity contribution in [1.29, 1.82) is 0 Å². The van der Waals surface area contributed by atoms with Crippen molar-refractivity contribution in [3.63, 3.8) is 0 Å². The van der Waals surface area contributed by atoms with Crippen LogP contribution in [0.5, 0.6) is 0 Å². The molecule has 0 aromatic heterocycles. The molecule has 24 heavy (non-hydrogen) atoms. The van der Waals surface area contributed by atoms with Crippen molar-refractivity contribution >= 4 is 0 Å². The summed E-state index contributed by atoms with van der Waals surface area (Å²) in [7, 11) is 0. The first-order chi connectivity index (χ1) is 11.1. The molecule has 2 rings (SSSR count). The minimum Gasteiger partial charge on any atom is -0.392 e. The highest BCUT2D eigenvalue weighted by molar-refractivity contribution is 5.16. The van der Waals surface area contributed by atoms with Gasteiger partial charge in [0.05, 0.1) is 29.5 Å². The predicted octanol–water partition coefficient (Wildman–Crippen LogP) is 3.11. The van der Waals surface area contributed by atoms with Crippen LogP contribution in [0, 0.1) is 5.92 Å². The normalized spacial score (nSPS) is 45.0. The second-order valence-corrected chi connectivity index (χ2v) is 8.33. The topological polar surface area (TPSA) is 69.9 Å². The van der Waals surface area contributed by atoms with E-state index in [4.69, 9.17) is 4.74 Å². The van der Waals surface area contributed by atoms with Crippen LogP contribution in [0.25, 0.3) is 0 Å². The Morgan fingerprint density at radius 1 is 1.21 bits per heavy atom. The summed E-state index contributed by atoms with van der Waals surface area (Å²) in [4.78, 5) is 0. The Morgan fingerprint density at radius 3 is 2.54 bits per heavy atom. The zero-order chi connectivity index (χ0) is 18.0. The molecule has 2 aliphatic rings. The lowest BCUT2D eigenvalue weighted by Gasteiger charge is -2.37. The molecule has 0 spiro atoms. The maximum absolute atomic E-state index is 10.7. The third-order valence-corrected chi connectivity index (χ3v) is 5.87. The Hall–Kier alpha value is -0.680. The summed E-state index contributed by atoms with van der Waals surface area (Å²) in [5.41, 5.74) is -1.02. The number of hydrogen-bond donors (Lipinski definition) is 3. The summed E-state index contributed by atoms with van der Waals surface area (Å²) in [6.45, 7) is 8.04. The van der Waals surface area contributed by atoms with Gasteiger partial charge in [-0.1, -0.05) is 32.1 Å². The molecule has 0 amide bonds. The number of aliphatic hydroxyl groups excluding tert-OH is 2. The lowest BCUT2D eigenvalue weighted by molar-refractivity contribution is -0.145. The Kier molecular flexibility index (Phi) is 5.96. The lowest BCUT2D eigenvalue weighted by Crippen LogP contribution is -2.44. The van der Waals surface area contributed by atoms with Crippen molar-refractivity contribution in [2.75, 3.05) is 6.61 Å². The Bertz CT molecular complexity index is 494. The van der Waals surface area contributed by atoms with E-state index in [-0.39, 0.29) is 12.5 Å². The van der Waals surface area contributed by atoms with E-state index in [0.29, 0.717) is 25.7 Å². The van der Waals surface area contributed by atoms with Crippen LogP contribution >= 0.6 is 0 Å². The molecule has 0 aromatic carbocycles. The number of aliphatic hydroxyl groups is 3. The van der Waals surface area contributed by atoms with Crippen LogP contribution in [0.15, 0.2) is 23.8 Å². The third kappa shape index (κ3) is 4.29. The van der Waals surface area contributed by atoms with Gasteiger partial charge in [-0.25, -0.2) is 0 Å². The number of fused-ring (bicyclic) bond motifs is 2. The number of rotatable bonds is 2. The van der Waals surface area contributed by atoms with Gasteiger partial charge >= 0.3 is 0 Å². The van der Waals surface area contributed by atoms with Gasteiger partial charge in [-0.2, -0.15) is 0 Å². The van der Waals surface area contributed by atoms with Crippen molar-refractivity contribution in [2.24, 2.45) is 5.92 Å². The quantitative estimate of drug-likeness (QED) is 0.677. The highest BCUT2D eigenvalue weighted by Crippen LogP contribution is 2.46. The summed E-state index contributed by atoms with van der Waals surface area (Å²) in [6, 6.07) is 0. The second-order valence-electron chi connectivity index (χ2n) is 8.33. The third-order valence-electron chi connectivity index (χ3n) is 5.87. The molecule has 1 saturated heterocycles. The number of hydrogen-bond acceptors (Lipinski definition) is 4. The van der Waals surface area contributed by atoms with Crippen LogP contribution in [0.2, 0.25) is 0 Å². The molecule has 2 heterocycles. The molecule has 4 heteroatoms. The molecule has 138 valence electrons. The fourth-order valence-corrected chi connectivity index (χ4v) is 3.78. The van der Waals surface area contributed by atoms with Crippen LogP contribution in [0.3, 0.4) is 0 Å². The van der Waals surface area contributed by atoms with E-state index in [1.165, 1.54) is 0 Å². The Labute approximate surface area is 146 Å². The molecule has 4 atom stereocenters. The van der Waals surface area contributed by atoms with Crippen molar-refractivity contribution in [2.45, 2.75) is 89.1 Å². The van der Waals surface area contributed by atoms with Crippen LogP contribution in [0.4, 0.5) is 0 Å². The van der Waals surface area contributed by atoms with E-state index in [1.807, 2.05) is 32.1 Å². The standard InChI is InChI=1S/C20H34O4/c1-15(2)20-12-10-18(3,23)9-5-6-16(14-21)7-8-17(22)19(4,24-20)11-13-20/h6,10,12,15,17,21-23H,5,7-9,11,13-14H2,1-4H3/b12-10+,16-6+/t17-,18-,19-,20-/m0/s1. The van der Waals surface area contributed by atoms with Gasteiger partial charge in [-0.05, 0) is 63.9 Å². The van der Waals surface area contributed by atoms with Gasteiger partial charge in [0.2, 0.25) is 0 Å². The lowest BCUT2D eigenvalue weighted by atomic mass is 9.83. The Balaban J connectivity index is 2.34. The second kappa shape index (κ2) is 7.28. The van der Waals surface area contributed by atoms with Gasteiger partial charge in [0, 0.05) is 0 Å². The van der Waals surface area contributed by atoms with Gasteiger partial charge in [-0.3, -0.25) is 0 Å². The molecule has 0 aromatic rings. The summed E-state index contributed by atoms with van der Waals surface area (Å²) in [5, 5.41) is 30.9. The molecule has 0 unspecified atom stereocenters. The first kappa shape index (κ1) is 19.6. The first-order valence-corrected chi connectivity index (χ1v) is 9.22. The number of allylic oxidation sites excluding steroid dienone is 1. The van der Waals surface area contributed by atoms with Crippen LogP contribution in [0.1, 0.15) is 66.2 Å². The van der Waals surface area contributed by atoms with Crippen LogP contribution < -0.4 is 0 Å². The van der Waals surface area contributed by atoms with Crippen molar-refractivity contribution in [3.05, 3.63) is 23.8 Å². The largest absolute Gasteiger partial charge is 0.392 e. The highest BCUT2D eigenvalue weighted by atomic mass is 16.5. The molecule has 4 nitrogen and oxygen atoms in total. The van der Waals surface area contributed by atoms with E-state index >= 15 is 0 Å². The minimum absolute atomic E-state index is 0.00178. The van der Waals surface area contributed by atoms with Crippen LogP contribution in [-0.4, -0.2) is 44.8 Å². The van der Waals surface area contributed by atoms with Crippen molar-refractivity contribution in [3.8, 4) is 0 Å². The summed E-state index contributed by atoms with van der Waals surface area (Å²) < 4.78 is 6.46. The molecule has 0 aliphatic carbocycles. The SMILES string of the molecule is CC(C)[C@]12/C=C/[C@@](C)(O)CC/C=C(/CO)CC[C@H](O)[C@](C)(CC1)O2. The fraction of sp³-hybridized carbons (Fsp3) is 0.800. The molecule has 2 aliphatic heterocycles. The molecular weight excluding hydrogens is 304 g/mol. The van der Waals surface area contributed by atoms with Gasteiger partial charge in [0.1, 0.15) is 0 Å². The van der Waals surface area contributed by atoms with E-state index in [0.717, 1.165) is 18.4 Å². The maximum Gasteiger partial charge on any atom is 0.0925 e. The molecule has 3 N–H and O–H groups in total. The summed E-state index contributed by atoms with van der Waals surface area (Å²) in [6.07, 6.45) is 9.47.